The standard InChI is InChI=1S/C17H37N/c1-7-14(4)10-16(6)12-17(18)11-15(5)9-8-13(2)3/h13-17H,7-12,18H2,1-6H3/i8T. The highest BCUT2D eigenvalue weighted by molar-refractivity contribution is 4.70. The normalized spacial score (nSPS) is 21.2. The maximum absolute atomic E-state index is 8.02. The van der Waals surface area contributed by atoms with Crippen molar-refractivity contribution in [3.05, 3.63) is 0 Å². The molecule has 5 atom stereocenters. The molecule has 0 radical (unpaired) electrons. The molecule has 0 aliphatic heterocycles. The van der Waals surface area contributed by atoms with E-state index in [1.807, 2.05) is 0 Å². The summed E-state index contributed by atoms with van der Waals surface area (Å²) in [5, 5.41) is 0. The van der Waals surface area contributed by atoms with Gasteiger partial charge in [0.1, 0.15) is 0 Å². The quantitative estimate of drug-likeness (QED) is 0.569. The minimum atomic E-state index is 0.0692. The number of rotatable bonds is 10. The van der Waals surface area contributed by atoms with Gasteiger partial charge < -0.3 is 5.73 Å². The zero-order chi connectivity index (χ0) is 15.0. The van der Waals surface area contributed by atoms with Crippen LogP contribution in [0.25, 0.3) is 0 Å². The zero-order valence-corrected chi connectivity index (χ0v) is 13.6. The van der Waals surface area contributed by atoms with E-state index in [9.17, 15) is 0 Å². The van der Waals surface area contributed by atoms with Gasteiger partial charge in [-0.25, -0.2) is 0 Å². The predicted molar refractivity (Wildman–Crippen MR) is 83.7 cm³/mol. The second-order valence-corrected chi connectivity index (χ2v) is 6.91. The lowest BCUT2D eigenvalue weighted by atomic mass is 9.86. The van der Waals surface area contributed by atoms with Gasteiger partial charge in [-0.3, -0.25) is 0 Å². The number of hydrogen-bond donors (Lipinski definition) is 1. The highest BCUT2D eigenvalue weighted by atomic mass is 14.6. The minimum absolute atomic E-state index is 0.0692. The van der Waals surface area contributed by atoms with Crippen molar-refractivity contribution in [2.75, 3.05) is 0 Å². The van der Waals surface area contributed by atoms with Crippen molar-refractivity contribution in [1.82, 2.24) is 0 Å². The molecule has 5 unspecified atom stereocenters. The van der Waals surface area contributed by atoms with Gasteiger partial charge in [0, 0.05) is 7.41 Å². The molecule has 2 N–H and O–H groups in total. The molecule has 110 valence electrons. The second kappa shape index (κ2) is 9.83. The van der Waals surface area contributed by atoms with E-state index in [1.165, 1.54) is 12.8 Å². The predicted octanol–water partition coefficient (Wildman–Crippen LogP) is 5.24. The average molecular weight is 257 g/mol. The Morgan fingerprint density at radius 2 is 1.44 bits per heavy atom. The van der Waals surface area contributed by atoms with Crippen LogP contribution in [0.2, 0.25) is 0 Å². The van der Waals surface area contributed by atoms with Crippen LogP contribution in [0.1, 0.15) is 81.4 Å². The molecule has 0 spiro atoms. The number of nitrogens with two attached hydrogens (primary N) is 1. The lowest BCUT2D eigenvalue weighted by molar-refractivity contribution is 0.326. The Hall–Kier alpha value is -0.0400. The second-order valence-electron chi connectivity index (χ2n) is 6.91. The van der Waals surface area contributed by atoms with Crippen LogP contribution in [0.5, 0.6) is 0 Å². The average Bonchev–Trinajstić information content (AvgIpc) is 2.27. The largest absolute Gasteiger partial charge is 0.328 e. The maximum Gasteiger partial charge on any atom is 0.0269 e. The smallest absolute Gasteiger partial charge is 0.0269 e. The summed E-state index contributed by atoms with van der Waals surface area (Å²) in [4.78, 5) is 0. The fourth-order valence-corrected chi connectivity index (χ4v) is 2.68. The molecule has 0 aliphatic rings. The first-order chi connectivity index (χ1) is 8.76. The monoisotopic (exact) mass is 257 g/mol. The Morgan fingerprint density at radius 3 is 1.94 bits per heavy atom. The van der Waals surface area contributed by atoms with Crippen LogP contribution in [0, 0.1) is 23.7 Å². The first kappa shape index (κ1) is 16.0. The molecule has 0 heterocycles. The Kier molecular flexibility index (Phi) is 8.75. The molecule has 0 aliphatic carbocycles. The van der Waals surface area contributed by atoms with Gasteiger partial charge in [0.05, 0.1) is 0 Å². The summed E-state index contributed by atoms with van der Waals surface area (Å²) < 4.78 is 8.02. The molecule has 0 saturated carbocycles. The van der Waals surface area contributed by atoms with Crippen LogP contribution in [0.3, 0.4) is 0 Å². The van der Waals surface area contributed by atoms with Gasteiger partial charge in [-0.05, 0) is 42.9 Å². The fraction of sp³-hybridized carbons (Fsp3) is 1.00. The van der Waals surface area contributed by atoms with Crippen molar-refractivity contribution in [2.45, 2.75) is 86.1 Å². The van der Waals surface area contributed by atoms with Crippen molar-refractivity contribution in [1.29, 1.82) is 0 Å². The van der Waals surface area contributed by atoms with Crippen molar-refractivity contribution >= 4 is 0 Å². The molecule has 0 aromatic rings. The van der Waals surface area contributed by atoms with Gasteiger partial charge >= 0.3 is 0 Å². The van der Waals surface area contributed by atoms with E-state index in [1.54, 1.807) is 0 Å². The third kappa shape index (κ3) is 9.94. The highest BCUT2D eigenvalue weighted by Gasteiger charge is 2.14. The molecule has 0 amide bonds. The molecule has 1 heteroatoms. The Labute approximate surface area is 117 Å². The summed E-state index contributed by atoms with van der Waals surface area (Å²) in [5.74, 6) is 2.59. The van der Waals surface area contributed by atoms with Gasteiger partial charge in [0.2, 0.25) is 0 Å². The molecule has 18 heavy (non-hydrogen) atoms. The molecule has 0 aromatic carbocycles. The Bertz CT molecular complexity index is 217. The van der Waals surface area contributed by atoms with Crippen molar-refractivity contribution in [3.63, 3.8) is 0 Å². The Morgan fingerprint density at radius 1 is 0.889 bits per heavy atom. The molecular formula is C17H37N. The van der Waals surface area contributed by atoms with Crippen LogP contribution in [0.15, 0.2) is 0 Å². The van der Waals surface area contributed by atoms with Crippen LogP contribution in [0.4, 0.5) is 0 Å². The van der Waals surface area contributed by atoms with Gasteiger partial charge in [0.15, 0.2) is 0 Å². The summed E-state index contributed by atoms with van der Waals surface area (Å²) in [6.07, 6.45) is 5.84. The van der Waals surface area contributed by atoms with Crippen molar-refractivity contribution in [3.8, 4) is 0 Å². The van der Waals surface area contributed by atoms with Crippen LogP contribution < -0.4 is 5.73 Å². The Balaban J connectivity index is 3.92. The van der Waals surface area contributed by atoms with Crippen LogP contribution in [-0.2, 0) is 0 Å². The van der Waals surface area contributed by atoms with Crippen LogP contribution >= 0.6 is 0 Å². The van der Waals surface area contributed by atoms with Gasteiger partial charge in [-0.1, -0.05) is 60.8 Å². The highest BCUT2D eigenvalue weighted by Crippen LogP contribution is 2.22. The van der Waals surface area contributed by atoms with E-state index in [-0.39, 0.29) is 6.40 Å². The summed E-state index contributed by atoms with van der Waals surface area (Å²) in [6.45, 7) is 13.5. The zero-order valence-electron chi connectivity index (χ0n) is 14.6. The molecule has 0 rings (SSSR count). The minimum Gasteiger partial charge on any atom is -0.328 e. The summed E-state index contributed by atoms with van der Waals surface area (Å²) in [7, 11) is 0. The lowest BCUT2D eigenvalue weighted by Gasteiger charge is -2.22. The van der Waals surface area contributed by atoms with Gasteiger partial charge in [-0.15, -0.1) is 0 Å². The maximum atomic E-state index is 8.02. The summed E-state index contributed by atoms with van der Waals surface area (Å²) >= 11 is 0. The van der Waals surface area contributed by atoms with E-state index >= 15 is 0 Å². The topological polar surface area (TPSA) is 26.0 Å². The van der Waals surface area contributed by atoms with Crippen molar-refractivity contribution < 1.29 is 1.37 Å². The first-order valence-electron chi connectivity index (χ1n) is 8.51. The molecule has 0 fully saturated rings. The van der Waals surface area contributed by atoms with E-state index in [4.69, 9.17) is 7.10 Å². The van der Waals surface area contributed by atoms with Gasteiger partial charge in [-0.2, -0.15) is 0 Å². The summed E-state index contributed by atoms with van der Waals surface area (Å²) in [5.41, 5.74) is 6.28. The third-order valence-corrected chi connectivity index (χ3v) is 3.92. The fourth-order valence-electron chi connectivity index (χ4n) is 2.68. The third-order valence-electron chi connectivity index (χ3n) is 3.92. The molecule has 1 nitrogen and oxygen atoms in total. The number of hydrogen-bond acceptors (Lipinski definition) is 1. The lowest BCUT2D eigenvalue weighted by Crippen LogP contribution is -2.26. The van der Waals surface area contributed by atoms with Crippen LogP contribution in [-0.4, -0.2) is 6.04 Å². The van der Waals surface area contributed by atoms with E-state index in [0.29, 0.717) is 17.9 Å². The molecule has 0 saturated heterocycles. The van der Waals surface area contributed by atoms with Gasteiger partial charge in [0.25, 0.3) is 0 Å². The van der Waals surface area contributed by atoms with E-state index in [2.05, 4.69) is 41.5 Å². The first-order valence-corrected chi connectivity index (χ1v) is 7.93. The molecule has 0 aromatic heterocycles. The molecule has 0 bridgehead atoms. The van der Waals surface area contributed by atoms with E-state index in [0.717, 1.165) is 31.1 Å². The SMILES string of the molecule is [3H]C(CC(C)CC(N)CC(C)CC(C)CC)C(C)C. The molecular weight excluding hydrogens is 218 g/mol. The van der Waals surface area contributed by atoms with Crippen molar-refractivity contribution in [2.24, 2.45) is 29.4 Å². The van der Waals surface area contributed by atoms with E-state index < -0.39 is 0 Å². The summed E-state index contributed by atoms with van der Waals surface area (Å²) in [6, 6.07) is 0.313.